The quantitative estimate of drug-likeness (QED) is 0.644. The minimum Gasteiger partial charge on any atom is -0.314 e. The highest BCUT2D eigenvalue weighted by atomic mass is 35.5. The summed E-state index contributed by atoms with van der Waals surface area (Å²) in [5, 5.41) is 3.39. The lowest BCUT2D eigenvalue weighted by Crippen LogP contribution is -2.49. The summed E-state index contributed by atoms with van der Waals surface area (Å²) in [6.07, 6.45) is 2.37. The summed E-state index contributed by atoms with van der Waals surface area (Å²) < 4.78 is 0. The van der Waals surface area contributed by atoms with Gasteiger partial charge >= 0.3 is 0 Å². The Balaban J connectivity index is 2.18. The van der Waals surface area contributed by atoms with Gasteiger partial charge in [0.1, 0.15) is 0 Å². The molecule has 0 amide bonds. The van der Waals surface area contributed by atoms with Crippen LogP contribution in [0.15, 0.2) is 0 Å². The first-order valence-corrected chi connectivity index (χ1v) is 4.85. The molecule has 11 heavy (non-hydrogen) atoms. The minimum atomic E-state index is 0.711. The van der Waals surface area contributed by atoms with Crippen LogP contribution in [0.4, 0.5) is 0 Å². The molecule has 3 heteroatoms. The maximum absolute atomic E-state index is 5.63. The number of hydrogen-bond acceptors (Lipinski definition) is 2. The topological polar surface area (TPSA) is 15.3 Å². The fraction of sp³-hybridized carbons (Fsp3) is 1.00. The molecule has 0 bridgehead atoms. The number of likely N-dealkylation sites (N-methyl/N-ethyl adjacent to an activating group) is 1. The van der Waals surface area contributed by atoms with Gasteiger partial charge in [0.05, 0.1) is 0 Å². The Hall–Kier alpha value is 0.210. The van der Waals surface area contributed by atoms with Gasteiger partial charge < -0.3 is 10.2 Å². The summed E-state index contributed by atoms with van der Waals surface area (Å²) in [6.45, 7) is 3.44. The second kappa shape index (κ2) is 4.96. The third kappa shape index (κ3) is 2.97. The van der Waals surface area contributed by atoms with E-state index < -0.39 is 0 Å². The molecule has 0 aliphatic carbocycles. The van der Waals surface area contributed by atoms with Gasteiger partial charge in [-0.05, 0) is 19.9 Å². The van der Waals surface area contributed by atoms with Gasteiger partial charge in [-0.1, -0.05) is 0 Å². The molecule has 0 aromatic rings. The van der Waals surface area contributed by atoms with Gasteiger partial charge in [-0.2, -0.15) is 0 Å². The Kier molecular flexibility index (Phi) is 4.20. The molecular formula is C8H17ClN2. The lowest BCUT2D eigenvalue weighted by Gasteiger charge is -2.32. The first-order valence-electron chi connectivity index (χ1n) is 4.31. The molecule has 1 aliphatic heterocycles. The molecule has 1 heterocycles. The highest BCUT2D eigenvalue weighted by molar-refractivity contribution is 6.17. The van der Waals surface area contributed by atoms with E-state index >= 15 is 0 Å². The van der Waals surface area contributed by atoms with Crippen molar-refractivity contribution in [1.29, 1.82) is 0 Å². The highest BCUT2D eigenvalue weighted by Gasteiger charge is 2.16. The summed E-state index contributed by atoms with van der Waals surface area (Å²) in [5.41, 5.74) is 0. The van der Waals surface area contributed by atoms with E-state index in [1.807, 2.05) is 0 Å². The number of rotatable bonds is 3. The molecule has 0 unspecified atom stereocenters. The second-order valence-corrected chi connectivity index (χ2v) is 3.55. The van der Waals surface area contributed by atoms with Crippen LogP contribution in [0.25, 0.3) is 0 Å². The number of alkyl halides is 1. The largest absolute Gasteiger partial charge is 0.314 e. The van der Waals surface area contributed by atoms with Crippen molar-refractivity contribution in [2.24, 2.45) is 0 Å². The molecule has 2 nitrogen and oxygen atoms in total. The Bertz CT molecular complexity index is 108. The van der Waals surface area contributed by atoms with Crippen LogP contribution in [-0.2, 0) is 0 Å². The van der Waals surface area contributed by atoms with Crippen LogP contribution in [0.2, 0.25) is 0 Å². The predicted octanol–water partition coefficient (Wildman–Crippen LogP) is 0.909. The van der Waals surface area contributed by atoms with Crippen molar-refractivity contribution in [3.63, 3.8) is 0 Å². The third-order valence-corrected chi connectivity index (χ3v) is 2.58. The summed E-state index contributed by atoms with van der Waals surface area (Å²) in [4.78, 5) is 2.42. The average molecular weight is 177 g/mol. The van der Waals surface area contributed by atoms with Crippen molar-refractivity contribution in [1.82, 2.24) is 10.2 Å². The predicted molar refractivity (Wildman–Crippen MR) is 49.2 cm³/mol. The van der Waals surface area contributed by atoms with Crippen LogP contribution in [0, 0.1) is 0 Å². The maximum Gasteiger partial charge on any atom is 0.0224 e. The van der Waals surface area contributed by atoms with Gasteiger partial charge in [0.2, 0.25) is 0 Å². The first kappa shape index (κ1) is 9.30. The van der Waals surface area contributed by atoms with Crippen LogP contribution >= 0.6 is 11.6 Å². The van der Waals surface area contributed by atoms with Crippen LogP contribution < -0.4 is 5.32 Å². The molecule has 0 saturated carbocycles. The molecule has 1 atom stereocenters. The fourth-order valence-corrected chi connectivity index (χ4v) is 1.65. The van der Waals surface area contributed by atoms with Crippen molar-refractivity contribution >= 4 is 11.6 Å². The molecule has 1 saturated heterocycles. The Labute approximate surface area is 73.9 Å². The molecule has 0 aromatic heterocycles. The Morgan fingerprint density at radius 1 is 1.64 bits per heavy atom. The summed E-state index contributed by atoms with van der Waals surface area (Å²) in [5.74, 6) is 0.796. The van der Waals surface area contributed by atoms with Crippen molar-refractivity contribution in [3.05, 3.63) is 0 Å². The molecule has 0 radical (unpaired) electrons. The SMILES string of the molecule is CN1CCNC[C@@H]1CCCCl. The van der Waals surface area contributed by atoms with E-state index in [9.17, 15) is 0 Å². The molecular weight excluding hydrogens is 160 g/mol. The average Bonchev–Trinajstić information content (AvgIpc) is 2.03. The van der Waals surface area contributed by atoms with Gasteiger partial charge in [0.15, 0.2) is 0 Å². The molecule has 1 N–H and O–H groups in total. The summed E-state index contributed by atoms with van der Waals surface area (Å²) in [6, 6.07) is 0.711. The summed E-state index contributed by atoms with van der Waals surface area (Å²) >= 11 is 5.63. The van der Waals surface area contributed by atoms with Gasteiger partial charge in [-0.3, -0.25) is 0 Å². The standard InChI is InChI=1S/C8H17ClN2/c1-11-6-5-10-7-8(11)3-2-4-9/h8,10H,2-7H2,1H3/t8-/m0/s1. The van der Waals surface area contributed by atoms with Gasteiger partial charge in [0, 0.05) is 31.6 Å². The van der Waals surface area contributed by atoms with Crippen molar-refractivity contribution in [3.8, 4) is 0 Å². The van der Waals surface area contributed by atoms with E-state index in [-0.39, 0.29) is 0 Å². The number of hydrogen-bond donors (Lipinski definition) is 1. The number of piperazine rings is 1. The molecule has 0 aromatic carbocycles. The summed E-state index contributed by atoms with van der Waals surface area (Å²) in [7, 11) is 2.19. The number of nitrogens with one attached hydrogen (secondary N) is 1. The zero-order chi connectivity index (χ0) is 8.10. The van der Waals surface area contributed by atoms with E-state index in [0.29, 0.717) is 6.04 Å². The van der Waals surface area contributed by atoms with Gasteiger partial charge in [0.25, 0.3) is 0 Å². The second-order valence-electron chi connectivity index (χ2n) is 3.17. The fourth-order valence-electron chi connectivity index (χ4n) is 1.50. The van der Waals surface area contributed by atoms with Gasteiger partial charge in [-0.15, -0.1) is 11.6 Å². The third-order valence-electron chi connectivity index (χ3n) is 2.32. The molecule has 1 rings (SSSR count). The van der Waals surface area contributed by atoms with Crippen molar-refractivity contribution in [2.75, 3.05) is 32.6 Å². The molecule has 66 valence electrons. The smallest absolute Gasteiger partial charge is 0.0224 e. The van der Waals surface area contributed by atoms with E-state index in [1.54, 1.807) is 0 Å². The minimum absolute atomic E-state index is 0.711. The Morgan fingerprint density at radius 3 is 3.09 bits per heavy atom. The monoisotopic (exact) mass is 176 g/mol. The van der Waals surface area contributed by atoms with Crippen molar-refractivity contribution in [2.45, 2.75) is 18.9 Å². The van der Waals surface area contributed by atoms with Gasteiger partial charge in [-0.25, -0.2) is 0 Å². The number of halogens is 1. The van der Waals surface area contributed by atoms with E-state index in [0.717, 1.165) is 25.4 Å². The lowest BCUT2D eigenvalue weighted by atomic mass is 10.1. The normalized spacial score (nSPS) is 27.3. The first-order chi connectivity index (χ1) is 5.34. The van der Waals surface area contributed by atoms with Crippen molar-refractivity contribution < 1.29 is 0 Å². The lowest BCUT2D eigenvalue weighted by molar-refractivity contribution is 0.190. The highest BCUT2D eigenvalue weighted by Crippen LogP contribution is 2.07. The van der Waals surface area contributed by atoms with E-state index in [1.165, 1.54) is 13.0 Å². The molecule has 1 aliphatic rings. The molecule has 1 fully saturated rings. The maximum atomic E-state index is 5.63. The van der Waals surface area contributed by atoms with E-state index in [2.05, 4.69) is 17.3 Å². The van der Waals surface area contributed by atoms with Crippen LogP contribution in [0.3, 0.4) is 0 Å². The number of nitrogens with zero attached hydrogens (tertiary/aromatic N) is 1. The van der Waals surface area contributed by atoms with Crippen LogP contribution in [0.5, 0.6) is 0 Å². The van der Waals surface area contributed by atoms with E-state index in [4.69, 9.17) is 11.6 Å². The zero-order valence-corrected chi connectivity index (χ0v) is 7.90. The zero-order valence-electron chi connectivity index (χ0n) is 7.15. The van der Waals surface area contributed by atoms with Crippen LogP contribution in [0.1, 0.15) is 12.8 Å². The Morgan fingerprint density at radius 2 is 2.45 bits per heavy atom. The molecule has 0 spiro atoms. The van der Waals surface area contributed by atoms with Crippen LogP contribution in [-0.4, -0.2) is 43.5 Å².